The van der Waals surface area contributed by atoms with Crippen LogP contribution >= 0.6 is 0 Å². The summed E-state index contributed by atoms with van der Waals surface area (Å²) < 4.78 is 0. The van der Waals surface area contributed by atoms with Crippen LogP contribution in [0.1, 0.15) is 26.7 Å². The van der Waals surface area contributed by atoms with Crippen molar-refractivity contribution < 1.29 is 0 Å². The molecule has 0 radical (unpaired) electrons. The van der Waals surface area contributed by atoms with Gasteiger partial charge in [-0.15, -0.1) is 0 Å². The Morgan fingerprint density at radius 3 is 2.53 bits per heavy atom. The van der Waals surface area contributed by atoms with Crippen LogP contribution in [0.15, 0.2) is 30.3 Å². The number of anilines is 1. The molecular formula is C13H20N2. The minimum atomic E-state index is 0.422. The Morgan fingerprint density at radius 2 is 1.87 bits per heavy atom. The Kier molecular flexibility index (Phi) is 3.27. The largest absolute Gasteiger partial charge is 0.370 e. The van der Waals surface area contributed by atoms with Gasteiger partial charge in [0.25, 0.3) is 0 Å². The highest BCUT2D eigenvalue weighted by atomic mass is 15.1. The Balaban J connectivity index is 1.94. The Bertz CT molecular complexity index is 287. The van der Waals surface area contributed by atoms with Crippen molar-refractivity contribution in [1.82, 2.24) is 5.32 Å². The molecule has 2 nitrogen and oxygen atoms in total. The van der Waals surface area contributed by atoms with Crippen molar-refractivity contribution in [2.45, 2.75) is 38.9 Å². The first-order valence-electron chi connectivity index (χ1n) is 5.81. The van der Waals surface area contributed by atoms with Gasteiger partial charge < -0.3 is 5.32 Å². The van der Waals surface area contributed by atoms with E-state index in [2.05, 4.69) is 48.7 Å². The van der Waals surface area contributed by atoms with E-state index in [4.69, 9.17) is 0 Å². The molecular weight excluding hydrogens is 184 g/mol. The predicted octanol–water partition coefficient (Wildman–Crippen LogP) is 2.83. The monoisotopic (exact) mass is 204 g/mol. The fourth-order valence-electron chi connectivity index (χ4n) is 2.42. The van der Waals surface area contributed by atoms with E-state index in [0.717, 1.165) is 5.92 Å². The lowest BCUT2D eigenvalue weighted by molar-refractivity contribution is 0.284. The van der Waals surface area contributed by atoms with Crippen LogP contribution in [0.2, 0.25) is 0 Å². The first-order chi connectivity index (χ1) is 7.24. The molecule has 2 N–H and O–H groups in total. The van der Waals surface area contributed by atoms with Gasteiger partial charge in [0.15, 0.2) is 0 Å². The number of piperidine rings is 1. The molecule has 82 valence electrons. The van der Waals surface area contributed by atoms with E-state index in [1.54, 1.807) is 0 Å². The van der Waals surface area contributed by atoms with E-state index in [1.807, 2.05) is 6.07 Å². The van der Waals surface area contributed by atoms with Crippen molar-refractivity contribution in [1.29, 1.82) is 0 Å². The third kappa shape index (κ3) is 2.96. The molecule has 2 rings (SSSR count). The first-order valence-corrected chi connectivity index (χ1v) is 5.81. The highest BCUT2D eigenvalue weighted by molar-refractivity contribution is 5.43. The maximum atomic E-state index is 3.58. The van der Waals surface area contributed by atoms with Gasteiger partial charge in [-0.1, -0.05) is 25.1 Å². The van der Waals surface area contributed by atoms with Gasteiger partial charge in [0.05, 0.1) is 6.17 Å². The molecule has 3 atom stereocenters. The molecule has 15 heavy (non-hydrogen) atoms. The minimum Gasteiger partial charge on any atom is -0.370 e. The maximum Gasteiger partial charge on any atom is 0.0772 e. The van der Waals surface area contributed by atoms with Crippen LogP contribution in [0.25, 0.3) is 0 Å². The SMILES string of the molecule is CC1CC(C)NC(Nc2ccccc2)C1. The molecule has 1 aromatic rings. The van der Waals surface area contributed by atoms with E-state index >= 15 is 0 Å². The molecule has 0 aromatic heterocycles. The summed E-state index contributed by atoms with van der Waals surface area (Å²) in [5, 5.41) is 7.11. The predicted molar refractivity (Wildman–Crippen MR) is 64.8 cm³/mol. The molecule has 0 bridgehead atoms. The van der Waals surface area contributed by atoms with Gasteiger partial charge in [-0.25, -0.2) is 0 Å². The van der Waals surface area contributed by atoms with Crippen molar-refractivity contribution >= 4 is 5.69 Å². The molecule has 3 unspecified atom stereocenters. The van der Waals surface area contributed by atoms with Crippen LogP contribution in [0.3, 0.4) is 0 Å². The smallest absolute Gasteiger partial charge is 0.0772 e. The number of para-hydroxylation sites is 1. The van der Waals surface area contributed by atoms with E-state index in [0.29, 0.717) is 12.2 Å². The molecule has 1 saturated heterocycles. The summed E-state index contributed by atoms with van der Waals surface area (Å²) in [5.41, 5.74) is 1.20. The highest BCUT2D eigenvalue weighted by Crippen LogP contribution is 2.20. The molecule has 2 heteroatoms. The lowest BCUT2D eigenvalue weighted by Gasteiger charge is -2.34. The molecule has 0 aliphatic carbocycles. The molecule has 0 amide bonds. The summed E-state index contributed by atoms with van der Waals surface area (Å²) >= 11 is 0. The van der Waals surface area contributed by atoms with Gasteiger partial charge >= 0.3 is 0 Å². The van der Waals surface area contributed by atoms with Crippen LogP contribution in [-0.2, 0) is 0 Å². The van der Waals surface area contributed by atoms with E-state index in [1.165, 1.54) is 18.5 Å². The van der Waals surface area contributed by atoms with Gasteiger partial charge in [0.1, 0.15) is 0 Å². The number of hydrogen-bond donors (Lipinski definition) is 2. The quantitative estimate of drug-likeness (QED) is 0.774. The Morgan fingerprint density at radius 1 is 1.13 bits per heavy atom. The standard InChI is InChI=1S/C13H20N2/c1-10-8-11(2)14-13(9-10)15-12-6-4-3-5-7-12/h3-7,10-11,13-15H,8-9H2,1-2H3. The van der Waals surface area contributed by atoms with Gasteiger partial charge in [-0.05, 0) is 37.8 Å². The van der Waals surface area contributed by atoms with Crippen molar-refractivity contribution in [3.05, 3.63) is 30.3 Å². The molecule has 0 spiro atoms. The van der Waals surface area contributed by atoms with Crippen molar-refractivity contribution in [3.63, 3.8) is 0 Å². The maximum absolute atomic E-state index is 3.58. The lowest BCUT2D eigenvalue weighted by Crippen LogP contribution is -2.47. The summed E-state index contributed by atoms with van der Waals surface area (Å²) in [6, 6.07) is 11.0. The number of hydrogen-bond acceptors (Lipinski definition) is 2. The van der Waals surface area contributed by atoms with Crippen LogP contribution < -0.4 is 10.6 Å². The van der Waals surface area contributed by atoms with E-state index in [-0.39, 0.29) is 0 Å². The van der Waals surface area contributed by atoms with Crippen LogP contribution in [0.5, 0.6) is 0 Å². The van der Waals surface area contributed by atoms with Crippen LogP contribution in [-0.4, -0.2) is 12.2 Å². The molecule has 1 aliphatic rings. The summed E-state index contributed by atoms with van der Waals surface area (Å²) in [6.45, 7) is 4.59. The summed E-state index contributed by atoms with van der Waals surface area (Å²) in [7, 11) is 0. The van der Waals surface area contributed by atoms with Gasteiger partial charge in [0.2, 0.25) is 0 Å². The first kappa shape index (κ1) is 10.5. The highest BCUT2D eigenvalue weighted by Gasteiger charge is 2.22. The molecule has 1 fully saturated rings. The second-order valence-electron chi connectivity index (χ2n) is 4.71. The number of nitrogens with one attached hydrogen (secondary N) is 2. The molecule has 0 saturated carbocycles. The second-order valence-corrected chi connectivity index (χ2v) is 4.71. The zero-order valence-corrected chi connectivity index (χ0v) is 9.53. The van der Waals surface area contributed by atoms with Gasteiger partial charge in [0, 0.05) is 11.7 Å². The average Bonchev–Trinajstić information content (AvgIpc) is 2.17. The normalized spacial score (nSPS) is 31.2. The zero-order chi connectivity index (χ0) is 10.7. The third-order valence-electron chi connectivity index (χ3n) is 2.99. The number of rotatable bonds is 2. The lowest BCUT2D eigenvalue weighted by atomic mass is 9.93. The van der Waals surface area contributed by atoms with Gasteiger partial charge in [-0.2, -0.15) is 0 Å². The number of benzene rings is 1. The summed E-state index contributed by atoms with van der Waals surface area (Å²) in [6.07, 6.45) is 2.91. The zero-order valence-electron chi connectivity index (χ0n) is 9.53. The molecule has 1 aromatic carbocycles. The topological polar surface area (TPSA) is 24.1 Å². The van der Waals surface area contributed by atoms with Crippen molar-refractivity contribution in [2.75, 3.05) is 5.32 Å². The van der Waals surface area contributed by atoms with Crippen LogP contribution in [0.4, 0.5) is 5.69 Å². The van der Waals surface area contributed by atoms with Crippen LogP contribution in [0, 0.1) is 5.92 Å². The average molecular weight is 204 g/mol. The fourth-order valence-corrected chi connectivity index (χ4v) is 2.42. The third-order valence-corrected chi connectivity index (χ3v) is 2.99. The summed E-state index contributed by atoms with van der Waals surface area (Å²) in [5.74, 6) is 0.808. The Labute approximate surface area is 92.1 Å². The van der Waals surface area contributed by atoms with Crippen molar-refractivity contribution in [3.8, 4) is 0 Å². The van der Waals surface area contributed by atoms with Crippen molar-refractivity contribution in [2.24, 2.45) is 5.92 Å². The summed E-state index contributed by atoms with van der Waals surface area (Å²) in [4.78, 5) is 0. The van der Waals surface area contributed by atoms with E-state index < -0.39 is 0 Å². The van der Waals surface area contributed by atoms with E-state index in [9.17, 15) is 0 Å². The second kappa shape index (κ2) is 4.67. The Hall–Kier alpha value is -1.02. The molecule has 1 heterocycles. The minimum absolute atomic E-state index is 0.422. The fraction of sp³-hybridized carbons (Fsp3) is 0.538. The van der Waals surface area contributed by atoms with Gasteiger partial charge in [-0.3, -0.25) is 5.32 Å². The molecule has 1 aliphatic heterocycles.